The standard InChI is InChI=1S/C14H16N2O4S/c1-11(14(17)15-10-12-6-5-9-20-12)16-21(18,19)13-7-3-2-4-8-13/h2-9,11,16H,10H2,1H3,(H,15,17)/t11-/m1/s1. The van der Waals surface area contributed by atoms with Crippen molar-refractivity contribution in [2.24, 2.45) is 0 Å². The van der Waals surface area contributed by atoms with E-state index < -0.39 is 22.0 Å². The summed E-state index contributed by atoms with van der Waals surface area (Å²) < 4.78 is 31.6. The summed E-state index contributed by atoms with van der Waals surface area (Å²) in [7, 11) is -3.71. The molecule has 21 heavy (non-hydrogen) atoms. The maximum Gasteiger partial charge on any atom is 0.241 e. The minimum absolute atomic E-state index is 0.121. The molecule has 1 atom stereocenters. The quantitative estimate of drug-likeness (QED) is 0.841. The molecule has 2 rings (SSSR count). The summed E-state index contributed by atoms with van der Waals surface area (Å²) in [4.78, 5) is 12.0. The highest BCUT2D eigenvalue weighted by Gasteiger charge is 2.21. The van der Waals surface area contributed by atoms with Gasteiger partial charge in [0, 0.05) is 0 Å². The first-order valence-corrected chi connectivity index (χ1v) is 7.85. The van der Waals surface area contributed by atoms with Crippen molar-refractivity contribution < 1.29 is 17.6 Å². The summed E-state index contributed by atoms with van der Waals surface area (Å²) in [5, 5.41) is 2.60. The third-order valence-electron chi connectivity index (χ3n) is 2.80. The molecule has 0 saturated heterocycles. The number of rotatable bonds is 6. The van der Waals surface area contributed by atoms with Gasteiger partial charge in [-0.3, -0.25) is 4.79 Å². The van der Waals surface area contributed by atoms with Crippen LogP contribution < -0.4 is 10.0 Å². The lowest BCUT2D eigenvalue weighted by Gasteiger charge is -2.14. The lowest BCUT2D eigenvalue weighted by atomic mass is 10.3. The Labute approximate surface area is 123 Å². The van der Waals surface area contributed by atoms with E-state index in [0.717, 1.165) is 0 Å². The van der Waals surface area contributed by atoms with E-state index >= 15 is 0 Å². The highest BCUT2D eigenvalue weighted by Crippen LogP contribution is 2.08. The molecule has 7 heteroatoms. The van der Waals surface area contributed by atoms with E-state index in [-0.39, 0.29) is 11.4 Å². The summed E-state index contributed by atoms with van der Waals surface area (Å²) in [6.07, 6.45) is 1.50. The Morgan fingerprint density at radius 1 is 1.19 bits per heavy atom. The molecular formula is C14H16N2O4S. The summed E-state index contributed by atoms with van der Waals surface area (Å²) in [5.41, 5.74) is 0. The van der Waals surface area contributed by atoms with Crippen molar-refractivity contribution in [2.75, 3.05) is 0 Å². The second kappa shape index (κ2) is 6.55. The molecular weight excluding hydrogens is 292 g/mol. The Kier molecular flexibility index (Phi) is 4.77. The number of hydrogen-bond acceptors (Lipinski definition) is 4. The van der Waals surface area contributed by atoms with Crippen LogP contribution in [0.25, 0.3) is 0 Å². The minimum Gasteiger partial charge on any atom is -0.467 e. The van der Waals surface area contributed by atoms with Gasteiger partial charge in [0.1, 0.15) is 5.76 Å². The molecule has 1 aromatic carbocycles. The molecule has 0 aliphatic rings. The van der Waals surface area contributed by atoms with Gasteiger partial charge in [-0.2, -0.15) is 4.72 Å². The van der Waals surface area contributed by atoms with E-state index in [0.29, 0.717) is 5.76 Å². The fourth-order valence-corrected chi connectivity index (χ4v) is 2.92. The molecule has 1 heterocycles. The number of carbonyl (C=O) groups excluding carboxylic acids is 1. The van der Waals surface area contributed by atoms with Gasteiger partial charge in [0.05, 0.1) is 23.7 Å². The maximum absolute atomic E-state index is 12.1. The molecule has 2 aromatic rings. The van der Waals surface area contributed by atoms with Gasteiger partial charge >= 0.3 is 0 Å². The van der Waals surface area contributed by atoms with Crippen LogP contribution >= 0.6 is 0 Å². The number of sulfonamides is 1. The van der Waals surface area contributed by atoms with Gasteiger partial charge in [0.25, 0.3) is 0 Å². The summed E-state index contributed by atoms with van der Waals surface area (Å²) in [6.45, 7) is 1.70. The number of furan rings is 1. The molecule has 0 aliphatic heterocycles. The summed E-state index contributed by atoms with van der Waals surface area (Å²) >= 11 is 0. The number of benzene rings is 1. The van der Waals surface area contributed by atoms with Gasteiger partial charge in [0.2, 0.25) is 15.9 Å². The van der Waals surface area contributed by atoms with Crippen LogP contribution in [0.1, 0.15) is 12.7 Å². The van der Waals surface area contributed by atoms with Crippen LogP contribution in [-0.2, 0) is 21.4 Å². The topological polar surface area (TPSA) is 88.4 Å². The van der Waals surface area contributed by atoms with E-state index in [1.807, 2.05) is 0 Å². The van der Waals surface area contributed by atoms with E-state index in [1.165, 1.54) is 25.3 Å². The zero-order valence-corrected chi connectivity index (χ0v) is 12.3. The average Bonchev–Trinajstić information content (AvgIpc) is 2.98. The van der Waals surface area contributed by atoms with E-state index in [2.05, 4.69) is 10.0 Å². The molecule has 0 saturated carbocycles. The lowest BCUT2D eigenvalue weighted by molar-refractivity contribution is -0.122. The van der Waals surface area contributed by atoms with Crippen molar-refractivity contribution >= 4 is 15.9 Å². The monoisotopic (exact) mass is 308 g/mol. The first kappa shape index (κ1) is 15.3. The van der Waals surface area contributed by atoms with E-state index in [4.69, 9.17) is 4.42 Å². The molecule has 6 nitrogen and oxygen atoms in total. The van der Waals surface area contributed by atoms with Crippen LogP contribution in [-0.4, -0.2) is 20.4 Å². The Morgan fingerprint density at radius 2 is 1.90 bits per heavy atom. The van der Waals surface area contributed by atoms with Crippen molar-refractivity contribution in [2.45, 2.75) is 24.4 Å². The van der Waals surface area contributed by atoms with E-state index in [9.17, 15) is 13.2 Å². The fraction of sp³-hybridized carbons (Fsp3) is 0.214. The second-order valence-electron chi connectivity index (χ2n) is 4.45. The van der Waals surface area contributed by atoms with Crippen molar-refractivity contribution in [3.05, 3.63) is 54.5 Å². The SMILES string of the molecule is C[C@@H](NS(=O)(=O)c1ccccc1)C(=O)NCc1ccco1. The number of nitrogens with one attached hydrogen (secondary N) is 2. The smallest absolute Gasteiger partial charge is 0.241 e. The molecule has 0 aliphatic carbocycles. The third-order valence-corrected chi connectivity index (χ3v) is 4.35. The van der Waals surface area contributed by atoms with Crippen molar-refractivity contribution in [3.8, 4) is 0 Å². The molecule has 0 bridgehead atoms. The molecule has 1 amide bonds. The number of hydrogen-bond donors (Lipinski definition) is 2. The fourth-order valence-electron chi connectivity index (χ4n) is 1.69. The normalized spacial score (nSPS) is 12.8. The van der Waals surface area contributed by atoms with Gasteiger partial charge in [-0.05, 0) is 31.2 Å². The third kappa shape index (κ3) is 4.17. The van der Waals surface area contributed by atoms with Gasteiger partial charge in [0.15, 0.2) is 0 Å². The van der Waals surface area contributed by atoms with Crippen LogP contribution in [0.15, 0.2) is 58.0 Å². The Morgan fingerprint density at radius 3 is 2.52 bits per heavy atom. The van der Waals surface area contributed by atoms with Gasteiger partial charge < -0.3 is 9.73 Å². The predicted octanol–water partition coefficient (Wildman–Crippen LogP) is 1.26. The van der Waals surface area contributed by atoms with Crippen LogP contribution in [0.3, 0.4) is 0 Å². The first-order chi connectivity index (χ1) is 9.99. The van der Waals surface area contributed by atoms with E-state index in [1.54, 1.807) is 30.3 Å². The molecule has 0 spiro atoms. The molecule has 1 aromatic heterocycles. The van der Waals surface area contributed by atoms with Crippen molar-refractivity contribution in [1.29, 1.82) is 0 Å². The first-order valence-electron chi connectivity index (χ1n) is 6.36. The molecule has 0 fully saturated rings. The van der Waals surface area contributed by atoms with Gasteiger partial charge in [-0.25, -0.2) is 8.42 Å². The largest absolute Gasteiger partial charge is 0.467 e. The second-order valence-corrected chi connectivity index (χ2v) is 6.17. The summed E-state index contributed by atoms with van der Waals surface area (Å²) in [5.74, 6) is 0.173. The van der Waals surface area contributed by atoms with Crippen LogP contribution in [0.2, 0.25) is 0 Å². The zero-order chi connectivity index (χ0) is 15.3. The Bertz CT molecular complexity index is 681. The van der Waals surface area contributed by atoms with Crippen molar-refractivity contribution in [3.63, 3.8) is 0 Å². The number of carbonyl (C=O) groups is 1. The van der Waals surface area contributed by atoms with Gasteiger partial charge in [-0.15, -0.1) is 0 Å². The zero-order valence-electron chi connectivity index (χ0n) is 11.4. The minimum atomic E-state index is -3.71. The predicted molar refractivity (Wildman–Crippen MR) is 76.8 cm³/mol. The lowest BCUT2D eigenvalue weighted by Crippen LogP contribution is -2.44. The molecule has 112 valence electrons. The van der Waals surface area contributed by atoms with Gasteiger partial charge in [-0.1, -0.05) is 18.2 Å². The van der Waals surface area contributed by atoms with Crippen LogP contribution in [0, 0.1) is 0 Å². The average molecular weight is 308 g/mol. The number of amides is 1. The molecule has 0 radical (unpaired) electrons. The van der Waals surface area contributed by atoms with Crippen LogP contribution in [0.4, 0.5) is 0 Å². The summed E-state index contributed by atoms with van der Waals surface area (Å²) in [6, 6.07) is 10.4. The highest BCUT2D eigenvalue weighted by molar-refractivity contribution is 7.89. The molecule has 2 N–H and O–H groups in total. The molecule has 0 unspecified atom stereocenters. The highest BCUT2D eigenvalue weighted by atomic mass is 32.2. The maximum atomic E-state index is 12.1. The van der Waals surface area contributed by atoms with Crippen LogP contribution in [0.5, 0.6) is 0 Å². The van der Waals surface area contributed by atoms with Crippen molar-refractivity contribution in [1.82, 2.24) is 10.0 Å². The Balaban J connectivity index is 1.94. The Hall–Kier alpha value is -2.12.